The number of ether oxygens (including phenoxy) is 1. The molecule has 39 heavy (non-hydrogen) atoms. The molecule has 9 heteroatoms. The molecule has 3 aromatic heterocycles. The van der Waals surface area contributed by atoms with Crippen molar-refractivity contribution in [3.05, 3.63) is 96.1 Å². The van der Waals surface area contributed by atoms with Crippen LogP contribution in [0.5, 0.6) is 0 Å². The van der Waals surface area contributed by atoms with Crippen LogP contribution in [0.15, 0.2) is 79.1 Å². The molecule has 0 radical (unpaired) electrons. The van der Waals surface area contributed by atoms with Gasteiger partial charge in [0.1, 0.15) is 0 Å². The molecule has 9 nitrogen and oxygen atoms in total. The Morgan fingerprint density at radius 3 is 2.54 bits per heavy atom. The number of nitrogens with zero attached hydrogens (tertiary/aromatic N) is 6. The molecule has 0 atom stereocenters. The lowest BCUT2D eigenvalue weighted by Crippen LogP contribution is -2.35. The Balaban J connectivity index is 1.21. The van der Waals surface area contributed by atoms with Gasteiger partial charge in [-0.3, -0.25) is 19.7 Å². The molecule has 0 spiro atoms. The molecule has 6 rings (SSSR count). The molecule has 0 saturated carbocycles. The summed E-state index contributed by atoms with van der Waals surface area (Å²) in [6, 6.07) is 21.7. The third-order valence-corrected chi connectivity index (χ3v) is 6.70. The van der Waals surface area contributed by atoms with Crippen molar-refractivity contribution >= 4 is 22.6 Å². The molecule has 1 aliphatic heterocycles. The Morgan fingerprint density at radius 2 is 1.74 bits per heavy atom. The van der Waals surface area contributed by atoms with Crippen molar-refractivity contribution in [2.75, 3.05) is 31.6 Å². The maximum Gasteiger partial charge on any atom is 0.230 e. The lowest BCUT2D eigenvalue weighted by atomic mass is 10.1. The molecular formula is C30H29N7O2. The number of rotatable bonds is 7. The van der Waals surface area contributed by atoms with Gasteiger partial charge in [-0.1, -0.05) is 24.3 Å². The zero-order valence-electron chi connectivity index (χ0n) is 21.7. The first-order valence-corrected chi connectivity index (χ1v) is 13.0. The van der Waals surface area contributed by atoms with Crippen molar-refractivity contribution in [1.29, 1.82) is 0 Å². The summed E-state index contributed by atoms with van der Waals surface area (Å²) in [5.41, 5.74) is 6.86. The Hall–Kier alpha value is -4.47. The fraction of sp³-hybridized carbons (Fsp3) is 0.233. The fourth-order valence-corrected chi connectivity index (χ4v) is 4.75. The molecule has 1 aliphatic rings. The number of amides is 1. The van der Waals surface area contributed by atoms with E-state index in [1.54, 1.807) is 17.1 Å². The molecule has 2 aromatic carbocycles. The number of hydrogen-bond acceptors (Lipinski definition) is 7. The quantitative estimate of drug-likeness (QED) is 0.344. The summed E-state index contributed by atoms with van der Waals surface area (Å²) in [6.45, 7) is 6.26. The topological polar surface area (TPSA) is 98.1 Å². The van der Waals surface area contributed by atoms with Gasteiger partial charge in [-0.15, -0.1) is 0 Å². The van der Waals surface area contributed by atoms with Crippen molar-refractivity contribution in [2.45, 2.75) is 19.9 Å². The highest BCUT2D eigenvalue weighted by atomic mass is 16.5. The number of carbonyl (C=O) groups is 1. The van der Waals surface area contributed by atoms with Crippen LogP contribution in [-0.4, -0.2) is 61.8 Å². The average molecular weight is 520 g/mol. The summed E-state index contributed by atoms with van der Waals surface area (Å²) in [5.74, 6) is 0.556. The van der Waals surface area contributed by atoms with Crippen LogP contribution in [0.2, 0.25) is 0 Å². The third kappa shape index (κ3) is 5.84. The first kappa shape index (κ1) is 24.8. The lowest BCUT2D eigenvalue weighted by Gasteiger charge is -2.26. The maximum absolute atomic E-state index is 13.0. The van der Waals surface area contributed by atoms with Crippen LogP contribution >= 0.6 is 0 Å². The first-order valence-electron chi connectivity index (χ1n) is 13.0. The minimum absolute atomic E-state index is 0.131. The molecular weight excluding hydrogens is 490 g/mol. The lowest BCUT2D eigenvalue weighted by molar-refractivity contribution is -0.115. The SMILES string of the molecule is Cc1cccc(-n2nc(CC(=O)Nc3ccc(CN4CCOCC4)cc3)cc2-c2ccc3nccnc3c2)n1. The van der Waals surface area contributed by atoms with Crippen LogP contribution in [0.3, 0.4) is 0 Å². The van der Waals surface area contributed by atoms with Crippen LogP contribution in [-0.2, 0) is 22.5 Å². The van der Waals surface area contributed by atoms with E-state index in [0.717, 1.165) is 66.5 Å². The second-order valence-electron chi connectivity index (χ2n) is 9.64. The smallest absolute Gasteiger partial charge is 0.230 e. The summed E-state index contributed by atoms with van der Waals surface area (Å²) in [5, 5.41) is 7.79. The van der Waals surface area contributed by atoms with E-state index in [0.29, 0.717) is 11.5 Å². The van der Waals surface area contributed by atoms with E-state index in [4.69, 9.17) is 9.84 Å². The number of pyridine rings is 1. The summed E-state index contributed by atoms with van der Waals surface area (Å²) < 4.78 is 7.21. The molecule has 196 valence electrons. The Bertz CT molecular complexity index is 1610. The number of carbonyl (C=O) groups excluding carboxylic acids is 1. The van der Waals surface area contributed by atoms with Crippen LogP contribution in [0.4, 0.5) is 5.69 Å². The molecule has 1 N–H and O–H groups in total. The molecule has 1 amide bonds. The molecule has 5 aromatic rings. The second-order valence-corrected chi connectivity index (χ2v) is 9.64. The van der Waals surface area contributed by atoms with Gasteiger partial charge in [-0.2, -0.15) is 5.10 Å². The number of nitrogens with one attached hydrogen (secondary N) is 1. The number of aromatic nitrogens is 5. The van der Waals surface area contributed by atoms with Crippen LogP contribution in [0, 0.1) is 6.92 Å². The monoisotopic (exact) mass is 519 g/mol. The Labute approximate surface area is 226 Å². The van der Waals surface area contributed by atoms with Crippen LogP contribution in [0.1, 0.15) is 17.0 Å². The molecule has 0 aliphatic carbocycles. The Morgan fingerprint density at radius 1 is 0.949 bits per heavy atom. The summed E-state index contributed by atoms with van der Waals surface area (Å²) in [7, 11) is 0. The van der Waals surface area contributed by atoms with E-state index < -0.39 is 0 Å². The van der Waals surface area contributed by atoms with E-state index in [-0.39, 0.29) is 12.3 Å². The van der Waals surface area contributed by atoms with Crippen molar-refractivity contribution in [1.82, 2.24) is 29.6 Å². The zero-order chi connectivity index (χ0) is 26.6. The van der Waals surface area contributed by atoms with Gasteiger partial charge in [0.15, 0.2) is 5.82 Å². The number of benzene rings is 2. The Kier molecular flexibility index (Phi) is 7.07. The zero-order valence-corrected chi connectivity index (χ0v) is 21.7. The van der Waals surface area contributed by atoms with Gasteiger partial charge < -0.3 is 10.1 Å². The van der Waals surface area contributed by atoms with E-state index in [1.165, 1.54) is 5.56 Å². The van der Waals surface area contributed by atoms with Gasteiger partial charge in [0.25, 0.3) is 0 Å². The standard InChI is InChI=1S/C30H29N7O2/c1-21-3-2-4-29(33-21)37-28(23-7-10-26-27(17-23)32-12-11-31-26)18-25(35-37)19-30(38)34-24-8-5-22(6-9-24)20-36-13-15-39-16-14-36/h2-12,17-18H,13-16,19-20H2,1H3,(H,34,38). The summed E-state index contributed by atoms with van der Waals surface area (Å²) in [6.07, 6.45) is 3.49. The number of aryl methyl sites for hydroxylation is 1. The highest BCUT2D eigenvalue weighted by molar-refractivity contribution is 5.92. The highest BCUT2D eigenvalue weighted by Crippen LogP contribution is 2.26. The number of hydrogen-bond donors (Lipinski definition) is 1. The molecule has 1 fully saturated rings. The molecule has 4 heterocycles. The average Bonchev–Trinajstić information content (AvgIpc) is 3.38. The normalized spacial score (nSPS) is 14.0. The predicted molar refractivity (Wildman–Crippen MR) is 149 cm³/mol. The predicted octanol–water partition coefficient (Wildman–Crippen LogP) is 4.20. The number of fused-ring (bicyclic) bond motifs is 1. The van der Waals surface area contributed by atoms with E-state index in [2.05, 4.69) is 37.3 Å². The van der Waals surface area contributed by atoms with Crippen LogP contribution < -0.4 is 5.32 Å². The van der Waals surface area contributed by atoms with Gasteiger partial charge in [0.2, 0.25) is 5.91 Å². The van der Waals surface area contributed by atoms with Crippen molar-refractivity contribution in [2.24, 2.45) is 0 Å². The molecule has 0 bridgehead atoms. The second kappa shape index (κ2) is 11.1. The fourth-order valence-electron chi connectivity index (χ4n) is 4.75. The van der Waals surface area contributed by atoms with E-state index in [9.17, 15) is 4.79 Å². The van der Waals surface area contributed by atoms with E-state index in [1.807, 2.05) is 61.5 Å². The largest absolute Gasteiger partial charge is 0.379 e. The van der Waals surface area contributed by atoms with Crippen molar-refractivity contribution in [3.63, 3.8) is 0 Å². The van der Waals surface area contributed by atoms with Gasteiger partial charge in [-0.25, -0.2) is 9.67 Å². The van der Waals surface area contributed by atoms with Gasteiger partial charge in [-0.05, 0) is 55.0 Å². The molecule has 1 saturated heterocycles. The van der Waals surface area contributed by atoms with Gasteiger partial charge >= 0.3 is 0 Å². The highest BCUT2D eigenvalue weighted by Gasteiger charge is 2.16. The first-order chi connectivity index (χ1) is 19.1. The van der Waals surface area contributed by atoms with Gasteiger partial charge in [0.05, 0.1) is 42.1 Å². The number of anilines is 1. The van der Waals surface area contributed by atoms with Crippen LogP contribution in [0.25, 0.3) is 28.1 Å². The van der Waals surface area contributed by atoms with Crippen molar-refractivity contribution in [3.8, 4) is 17.1 Å². The maximum atomic E-state index is 13.0. The van der Waals surface area contributed by atoms with Gasteiger partial charge in [0, 0.05) is 49.0 Å². The van der Waals surface area contributed by atoms with Crippen molar-refractivity contribution < 1.29 is 9.53 Å². The van der Waals surface area contributed by atoms with E-state index >= 15 is 0 Å². The summed E-state index contributed by atoms with van der Waals surface area (Å²) >= 11 is 0. The minimum Gasteiger partial charge on any atom is -0.379 e. The summed E-state index contributed by atoms with van der Waals surface area (Å²) in [4.78, 5) is 28.8. The number of morpholine rings is 1. The third-order valence-electron chi connectivity index (χ3n) is 6.70. The molecule has 0 unspecified atom stereocenters. The minimum atomic E-state index is -0.131.